The fourth-order valence-electron chi connectivity index (χ4n) is 1.81. The quantitative estimate of drug-likeness (QED) is 0.699. The summed E-state index contributed by atoms with van der Waals surface area (Å²) in [6.07, 6.45) is 8.13. The van der Waals surface area contributed by atoms with Crippen molar-refractivity contribution in [1.29, 1.82) is 0 Å². The van der Waals surface area contributed by atoms with Crippen molar-refractivity contribution in [2.75, 3.05) is 0 Å². The zero-order valence-electron chi connectivity index (χ0n) is 8.02. The van der Waals surface area contributed by atoms with E-state index in [2.05, 4.69) is 38.1 Å². The summed E-state index contributed by atoms with van der Waals surface area (Å²) in [6.45, 7) is 0.897. The topological polar surface area (TPSA) is 15.6 Å². The van der Waals surface area contributed by atoms with Crippen molar-refractivity contribution >= 4 is 27.5 Å². The fraction of sp³-hybridized carbons (Fsp3) is 0.0833. The zero-order valence-corrected chi connectivity index (χ0v) is 9.61. The van der Waals surface area contributed by atoms with E-state index in [0.29, 0.717) is 0 Å². The van der Waals surface area contributed by atoms with Crippen LogP contribution in [-0.4, -0.2) is 10.7 Å². The van der Waals surface area contributed by atoms with E-state index in [-0.39, 0.29) is 0 Å². The summed E-state index contributed by atoms with van der Waals surface area (Å²) in [7, 11) is 0. The average Bonchev–Trinajstić information content (AvgIpc) is 2.27. The molecule has 0 amide bonds. The van der Waals surface area contributed by atoms with Gasteiger partial charge < -0.3 is 4.90 Å². The number of nitrogens with zero attached hydrogens (tertiary/aromatic N) is 2. The van der Waals surface area contributed by atoms with Crippen LogP contribution < -0.4 is 0 Å². The van der Waals surface area contributed by atoms with E-state index >= 15 is 0 Å². The molecule has 2 aliphatic heterocycles. The molecule has 0 aliphatic carbocycles. The Kier molecular flexibility index (Phi) is 1.99. The first kappa shape index (κ1) is 8.92. The number of allylic oxidation sites excluding steroid dienone is 2. The van der Waals surface area contributed by atoms with Crippen molar-refractivity contribution in [3.63, 3.8) is 0 Å². The van der Waals surface area contributed by atoms with Crippen LogP contribution >= 0.6 is 15.9 Å². The third-order valence-corrected chi connectivity index (χ3v) is 3.19. The van der Waals surface area contributed by atoms with E-state index in [0.717, 1.165) is 22.5 Å². The molecule has 0 unspecified atom stereocenters. The molecule has 0 radical (unpaired) electrons. The summed E-state index contributed by atoms with van der Waals surface area (Å²) in [4.78, 5) is 6.77. The molecule has 0 aromatic heterocycles. The molecule has 2 heterocycles. The molecule has 2 aliphatic rings. The first-order valence-corrected chi connectivity index (χ1v) is 5.61. The lowest BCUT2D eigenvalue weighted by Crippen LogP contribution is -2.27. The van der Waals surface area contributed by atoms with E-state index in [1.54, 1.807) is 0 Å². The van der Waals surface area contributed by atoms with Crippen LogP contribution in [0.25, 0.3) is 0 Å². The van der Waals surface area contributed by atoms with Crippen LogP contribution in [0.4, 0.5) is 5.69 Å². The molecule has 0 spiro atoms. The van der Waals surface area contributed by atoms with Crippen molar-refractivity contribution in [2.24, 2.45) is 4.99 Å². The Morgan fingerprint density at radius 3 is 3.13 bits per heavy atom. The van der Waals surface area contributed by atoms with E-state index in [4.69, 9.17) is 0 Å². The van der Waals surface area contributed by atoms with Crippen LogP contribution in [0.3, 0.4) is 0 Å². The van der Waals surface area contributed by atoms with Gasteiger partial charge in [-0.05, 0) is 39.7 Å². The van der Waals surface area contributed by atoms with Gasteiger partial charge in [-0.25, -0.2) is 4.99 Å². The standard InChI is InChI=1S/C12H9BrN2/c13-10-5-3-4-9-8-15-7-2-1-6-11(15)14-12(9)10/h1-7H,8H2. The van der Waals surface area contributed by atoms with E-state index in [1.807, 2.05) is 30.4 Å². The Bertz CT molecular complexity index is 500. The lowest BCUT2D eigenvalue weighted by molar-refractivity contribution is 0.544. The predicted molar refractivity (Wildman–Crippen MR) is 65.1 cm³/mol. The van der Waals surface area contributed by atoms with Gasteiger partial charge in [0, 0.05) is 10.7 Å². The molecule has 0 fully saturated rings. The highest BCUT2D eigenvalue weighted by molar-refractivity contribution is 9.10. The minimum Gasteiger partial charge on any atom is -0.329 e. The van der Waals surface area contributed by atoms with Crippen LogP contribution in [0.1, 0.15) is 5.56 Å². The van der Waals surface area contributed by atoms with Gasteiger partial charge in [0.15, 0.2) is 0 Å². The maximum Gasteiger partial charge on any atom is 0.133 e. The molecule has 74 valence electrons. The van der Waals surface area contributed by atoms with Gasteiger partial charge in [0.2, 0.25) is 0 Å². The summed E-state index contributed by atoms with van der Waals surface area (Å²) in [6, 6.07) is 6.19. The summed E-state index contributed by atoms with van der Waals surface area (Å²) in [5.41, 5.74) is 2.32. The number of para-hydroxylation sites is 1. The van der Waals surface area contributed by atoms with E-state index in [9.17, 15) is 0 Å². The van der Waals surface area contributed by atoms with Crippen LogP contribution in [0.5, 0.6) is 0 Å². The van der Waals surface area contributed by atoms with Crippen molar-refractivity contribution in [2.45, 2.75) is 6.54 Å². The van der Waals surface area contributed by atoms with Crippen molar-refractivity contribution in [3.8, 4) is 0 Å². The molecule has 0 bridgehead atoms. The molecule has 1 aromatic carbocycles. The predicted octanol–water partition coefficient (Wildman–Crippen LogP) is 3.38. The van der Waals surface area contributed by atoms with E-state index in [1.165, 1.54) is 5.56 Å². The Balaban J connectivity index is 2.17. The third-order valence-electron chi connectivity index (χ3n) is 2.55. The largest absolute Gasteiger partial charge is 0.329 e. The smallest absolute Gasteiger partial charge is 0.133 e. The van der Waals surface area contributed by atoms with Crippen LogP contribution in [0.15, 0.2) is 52.1 Å². The summed E-state index contributed by atoms with van der Waals surface area (Å²) < 4.78 is 1.06. The summed E-state index contributed by atoms with van der Waals surface area (Å²) in [5, 5.41) is 0. The van der Waals surface area contributed by atoms with Crippen LogP contribution in [0.2, 0.25) is 0 Å². The van der Waals surface area contributed by atoms with Gasteiger partial charge in [-0.1, -0.05) is 18.2 Å². The molecule has 1 aromatic rings. The molecule has 3 rings (SSSR count). The van der Waals surface area contributed by atoms with Gasteiger partial charge in [-0.3, -0.25) is 0 Å². The molecular formula is C12H9BrN2. The lowest BCUT2D eigenvalue weighted by Gasteiger charge is -2.27. The molecule has 0 atom stereocenters. The Hall–Kier alpha value is -1.35. The monoisotopic (exact) mass is 260 g/mol. The van der Waals surface area contributed by atoms with Crippen LogP contribution in [0, 0.1) is 0 Å². The zero-order chi connectivity index (χ0) is 10.3. The van der Waals surface area contributed by atoms with Gasteiger partial charge >= 0.3 is 0 Å². The summed E-state index contributed by atoms with van der Waals surface area (Å²) >= 11 is 3.53. The van der Waals surface area contributed by atoms with Gasteiger partial charge in [0.1, 0.15) is 5.84 Å². The van der Waals surface area contributed by atoms with Crippen molar-refractivity contribution in [1.82, 2.24) is 4.90 Å². The number of rotatable bonds is 0. The Morgan fingerprint density at radius 2 is 2.20 bits per heavy atom. The van der Waals surface area contributed by atoms with Gasteiger partial charge in [-0.2, -0.15) is 0 Å². The highest BCUT2D eigenvalue weighted by Gasteiger charge is 2.18. The maximum absolute atomic E-state index is 4.62. The number of benzene rings is 1. The van der Waals surface area contributed by atoms with Crippen LogP contribution in [-0.2, 0) is 6.54 Å². The number of hydrogen-bond donors (Lipinski definition) is 0. The SMILES string of the molecule is Brc1cccc2c1N=C1C=CC=CN1C2. The lowest BCUT2D eigenvalue weighted by atomic mass is 10.1. The molecular weight excluding hydrogens is 252 g/mol. The normalized spacial score (nSPS) is 17.1. The molecule has 2 nitrogen and oxygen atoms in total. The fourth-order valence-corrected chi connectivity index (χ4v) is 2.31. The van der Waals surface area contributed by atoms with Gasteiger partial charge in [0.05, 0.1) is 12.2 Å². The second-order valence-electron chi connectivity index (χ2n) is 3.55. The average molecular weight is 261 g/mol. The van der Waals surface area contributed by atoms with Gasteiger partial charge in [-0.15, -0.1) is 0 Å². The van der Waals surface area contributed by atoms with Gasteiger partial charge in [0.25, 0.3) is 0 Å². The first-order chi connectivity index (χ1) is 7.34. The number of aliphatic imine (C=N–C) groups is 1. The van der Waals surface area contributed by atoms with Crippen molar-refractivity contribution < 1.29 is 0 Å². The molecule has 15 heavy (non-hydrogen) atoms. The first-order valence-electron chi connectivity index (χ1n) is 4.82. The maximum atomic E-state index is 4.62. The van der Waals surface area contributed by atoms with E-state index < -0.39 is 0 Å². The van der Waals surface area contributed by atoms with Crippen molar-refractivity contribution in [3.05, 3.63) is 52.7 Å². The molecule has 0 saturated heterocycles. The second-order valence-corrected chi connectivity index (χ2v) is 4.40. The molecule has 0 N–H and O–H groups in total. The minimum absolute atomic E-state index is 0.897. The third kappa shape index (κ3) is 1.43. The Morgan fingerprint density at radius 1 is 1.27 bits per heavy atom. The minimum atomic E-state index is 0.897. The number of amidine groups is 1. The number of halogens is 1. The summed E-state index contributed by atoms with van der Waals surface area (Å²) in [5.74, 6) is 1.01. The number of fused-ring (bicyclic) bond motifs is 2. The second kappa shape index (κ2) is 3.35. The molecule has 3 heteroatoms. The highest BCUT2D eigenvalue weighted by atomic mass is 79.9. The highest BCUT2D eigenvalue weighted by Crippen LogP contribution is 2.34. The molecule has 0 saturated carbocycles. The number of hydrogen-bond acceptors (Lipinski definition) is 2. The Labute approximate surface area is 96.8 Å².